The van der Waals surface area contributed by atoms with Crippen LogP contribution in [0.1, 0.15) is 63.4 Å². The first-order valence-electron chi connectivity index (χ1n) is 10.6. The predicted octanol–water partition coefficient (Wildman–Crippen LogP) is 5.85. The number of anilines is 1. The predicted molar refractivity (Wildman–Crippen MR) is 122 cm³/mol. The third-order valence-electron chi connectivity index (χ3n) is 5.83. The van der Waals surface area contributed by atoms with Gasteiger partial charge in [-0.3, -0.25) is 14.2 Å². The maximum Gasteiger partial charge on any atom is 0.236 e. The van der Waals surface area contributed by atoms with Crippen LogP contribution in [0.2, 0.25) is 0 Å². The van der Waals surface area contributed by atoms with Crippen molar-refractivity contribution >= 4 is 28.4 Å². The first-order valence-corrected chi connectivity index (χ1v) is 10.6. The van der Waals surface area contributed by atoms with Gasteiger partial charge in [0.1, 0.15) is 0 Å². The van der Waals surface area contributed by atoms with Crippen LogP contribution in [-0.2, 0) is 4.79 Å². The zero-order chi connectivity index (χ0) is 21.8. The van der Waals surface area contributed by atoms with Gasteiger partial charge < -0.3 is 4.90 Å². The van der Waals surface area contributed by atoms with Crippen molar-refractivity contribution in [3.63, 3.8) is 0 Å². The molecule has 0 aliphatic carbocycles. The zero-order valence-electron chi connectivity index (χ0n) is 18.7. The minimum Gasteiger partial charge on any atom is -0.311 e. The summed E-state index contributed by atoms with van der Waals surface area (Å²) >= 11 is 0. The van der Waals surface area contributed by atoms with E-state index in [-0.39, 0.29) is 17.7 Å². The van der Waals surface area contributed by atoms with E-state index in [2.05, 4.69) is 24.3 Å². The highest BCUT2D eigenvalue weighted by molar-refractivity contribution is 5.99. The molecular formula is C26H30N2O2. The van der Waals surface area contributed by atoms with Gasteiger partial charge >= 0.3 is 0 Å². The van der Waals surface area contributed by atoms with Crippen LogP contribution in [0.15, 0.2) is 54.7 Å². The highest BCUT2D eigenvalue weighted by Crippen LogP contribution is 2.42. The Hall–Kier alpha value is -2.88. The van der Waals surface area contributed by atoms with Crippen molar-refractivity contribution in [2.24, 2.45) is 10.8 Å². The average molecular weight is 403 g/mol. The molecule has 1 aromatic heterocycles. The summed E-state index contributed by atoms with van der Waals surface area (Å²) in [6, 6.07) is 16.5. The molecule has 1 unspecified atom stereocenters. The van der Waals surface area contributed by atoms with E-state index in [4.69, 9.17) is 0 Å². The van der Waals surface area contributed by atoms with E-state index in [9.17, 15) is 9.59 Å². The molecule has 0 N–H and O–H groups in total. The van der Waals surface area contributed by atoms with Gasteiger partial charge in [0.2, 0.25) is 11.8 Å². The van der Waals surface area contributed by atoms with Crippen LogP contribution in [0.3, 0.4) is 0 Å². The molecule has 4 rings (SSSR count). The lowest BCUT2D eigenvalue weighted by molar-refractivity contribution is -0.125. The van der Waals surface area contributed by atoms with Crippen LogP contribution in [-0.4, -0.2) is 22.9 Å². The molecule has 3 aromatic rings. The Kier molecular flexibility index (Phi) is 4.64. The second kappa shape index (κ2) is 6.83. The van der Waals surface area contributed by atoms with Crippen molar-refractivity contribution in [2.75, 3.05) is 11.4 Å². The number of fused-ring (bicyclic) bond motifs is 2. The fraction of sp³-hybridized carbons (Fsp3) is 0.385. The summed E-state index contributed by atoms with van der Waals surface area (Å²) in [7, 11) is 0. The number of rotatable bonds is 1. The average Bonchev–Trinajstić information content (AvgIpc) is 3.26. The van der Waals surface area contributed by atoms with Gasteiger partial charge in [-0.05, 0) is 29.3 Å². The van der Waals surface area contributed by atoms with Crippen LogP contribution < -0.4 is 4.90 Å². The van der Waals surface area contributed by atoms with E-state index in [0.29, 0.717) is 6.54 Å². The number of amides is 1. The van der Waals surface area contributed by atoms with Crippen molar-refractivity contribution in [2.45, 2.75) is 47.5 Å². The lowest BCUT2D eigenvalue weighted by Gasteiger charge is -2.26. The molecule has 0 spiro atoms. The molecule has 1 amide bonds. The minimum absolute atomic E-state index is 0.0750. The summed E-state index contributed by atoms with van der Waals surface area (Å²) in [5, 5.41) is 1.05. The Morgan fingerprint density at radius 3 is 2.20 bits per heavy atom. The molecule has 4 heteroatoms. The quantitative estimate of drug-likeness (QED) is 0.512. The molecule has 156 valence electrons. The van der Waals surface area contributed by atoms with Gasteiger partial charge in [0.25, 0.3) is 0 Å². The molecule has 0 bridgehead atoms. The molecule has 1 aliphatic heterocycles. The molecule has 2 aromatic carbocycles. The fourth-order valence-electron chi connectivity index (χ4n) is 4.19. The van der Waals surface area contributed by atoms with E-state index in [1.807, 2.05) is 76.9 Å². The van der Waals surface area contributed by atoms with Crippen molar-refractivity contribution < 1.29 is 9.59 Å². The molecule has 30 heavy (non-hydrogen) atoms. The third kappa shape index (κ3) is 3.34. The molecular weight excluding hydrogens is 372 g/mol. The molecule has 1 atom stereocenters. The number of aromatic nitrogens is 1. The SMILES string of the molecule is CC(C)(C)C(=O)N1CC(c2ccc3ccn(C(=O)C(C)(C)C)c3c2)c2ccccc21. The van der Waals surface area contributed by atoms with Crippen molar-refractivity contribution in [3.05, 3.63) is 65.9 Å². The van der Waals surface area contributed by atoms with Gasteiger partial charge in [-0.1, -0.05) is 71.9 Å². The van der Waals surface area contributed by atoms with Gasteiger partial charge in [0.15, 0.2) is 0 Å². The van der Waals surface area contributed by atoms with Gasteiger partial charge in [0, 0.05) is 40.6 Å². The minimum atomic E-state index is -0.460. The topological polar surface area (TPSA) is 42.3 Å². The summed E-state index contributed by atoms with van der Waals surface area (Å²) in [6.45, 7) is 12.3. The Bertz CT molecular complexity index is 1140. The molecule has 2 heterocycles. The number of para-hydroxylation sites is 1. The Morgan fingerprint density at radius 2 is 1.53 bits per heavy atom. The van der Waals surface area contributed by atoms with Crippen molar-refractivity contribution in [3.8, 4) is 0 Å². The molecule has 4 nitrogen and oxygen atoms in total. The lowest BCUT2D eigenvalue weighted by Crippen LogP contribution is -2.38. The molecule has 0 fully saturated rings. The fourth-order valence-corrected chi connectivity index (χ4v) is 4.19. The Labute approximate surface area is 178 Å². The van der Waals surface area contributed by atoms with Crippen LogP contribution in [0.5, 0.6) is 0 Å². The molecule has 0 saturated heterocycles. The second-order valence-electron chi connectivity index (χ2n) is 10.3. The van der Waals surface area contributed by atoms with Gasteiger partial charge in [0.05, 0.1) is 5.52 Å². The molecule has 0 radical (unpaired) electrons. The molecule has 0 saturated carbocycles. The first kappa shape index (κ1) is 20.4. The number of carbonyl (C=O) groups is 2. The second-order valence-corrected chi connectivity index (χ2v) is 10.3. The van der Waals surface area contributed by atoms with Crippen LogP contribution >= 0.6 is 0 Å². The monoisotopic (exact) mass is 402 g/mol. The summed E-state index contributed by atoms with van der Waals surface area (Å²) in [6.07, 6.45) is 1.86. The van der Waals surface area contributed by atoms with Crippen LogP contribution in [0.4, 0.5) is 5.69 Å². The Morgan fingerprint density at radius 1 is 0.867 bits per heavy atom. The number of hydrogen-bond donors (Lipinski definition) is 0. The zero-order valence-corrected chi connectivity index (χ0v) is 18.7. The van der Waals surface area contributed by atoms with E-state index in [1.165, 1.54) is 0 Å². The van der Waals surface area contributed by atoms with Gasteiger partial charge in [-0.15, -0.1) is 0 Å². The maximum atomic E-state index is 13.1. The van der Waals surface area contributed by atoms with E-state index in [0.717, 1.165) is 27.7 Å². The van der Waals surface area contributed by atoms with E-state index >= 15 is 0 Å². The number of carbonyl (C=O) groups excluding carboxylic acids is 2. The maximum absolute atomic E-state index is 13.1. The van der Waals surface area contributed by atoms with Crippen molar-refractivity contribution in [1.82, 2.24) is 4.57 Å². The Balaban J connectivity index is 1.79. The summed E-state index contributed by atoms with van der Waals surface area (Å²) in [5.41, 5.74) is 3.29. The van der Waals surface area contributed by atoms with Crippen LogP contribution in [0, 0.1) is 10.8 Å². The normalized spacial score (nSPS) is 16.7. The summed E-state index contributed by atoms with van der Waals surface area (Å²) in [5.74, 6) is 0.292. The van der Waals surface area contributed by atoms with E-state index in [1.54, 1.807) is 4.57 Å². The highest BCUT2D eigenvalue weighted by atomic mass is 16.2. The number of hydrogen-bond acceptors (Lipinski definition) is 2. The standard InChI is InChI=1S/C26H30N2O2/c1-25(2,3)23(29)27-14-13-17-11-12-18(15-22(17)27)20-16-28(24(30)26(4,5)6)21-10-8-7-9-19(20)21/h7-15,20H,16H2,1-6H3. The first-order chi connectivity index (χ1) is 14.0. The van der Waals surface area contributed by atoms with Gasteiger partial charge in [-0.25, -0.2) is 0 Å². The summed E-state index contributed by atoms with van der Waals surface area (Å²) in [4.78, 5) is 28.0. The smallest absolute Gasteiger partial charge is 0.236 e. The summed E-state index contributed by atoms with van der Waals surface area (Å²) < 4.78 is 1.76. The number of benzene rings is 2. The number of nitrogens with zero attached hydrogens (tertiary/aromatic N) is 2. The molecule has 1 aliphatic rings. The van der Waals surface area contributed by atoms with E-state index < -0.39 is 10.8 Å². The highest BCUT2D eigenvalue weighted by Gasteiger charge is 2.37. The van der Waals surface area contributed by atoms with Gasteiger partial charge in [-0.2, -0.15) is 0 Å². The third-order valence-corrected chi connectivity index (χ3v) is 5.83. The van der Waals surface area contributed by atoms with Crippen LogP contribution in [0.25, 0.3) is 10.9 Å². The largest absolute Gasteiger partial charge is 0.311 e. The lowest BCUT2D eigenvalue weighted by atomic mass is 9.92. The van der Waals surface area contributed by atoms with Crippen molar-refractivity contribution in [1.29, 1.82) is 0 Å².